The highest BCUT2D eigenvalue weighted by Gasteiger charge is 2.20. The zero-order valence-electron chi connectivity index (χ0n) is 15.4. The number of para-hydroxylation sites is 1. The molecule has 6 nitrogen and oxygen atoms in total. The molecule has 0 aliphatic rings. The summed E-state index contributed by atoms with van der Waals surface area (Å²) in [5.41, 5.74) is 2.15. The predicted octanol–water partition coefficient (Wildman–Crippen LogP) is 3.03. The van der Waals surface area contributed by atoms with Crippen LogP contribution in [0.15, 0.2) is 42.5 Å². The summed E-state index contributed by atoms with van der Waals surface area (Å²) >= 11 is 0. The standard InChI is InChI=1S/C20H23N3O3/c1-14(20(24)22-17-10-8-15(12-21)9-11-17)23(2)13-16-6-5-7-18(25-3)19(16)26-4/h5-11,14H,13H2,1-4H3,(H,22,24)/t14-/m0/s1. The Morgan fingerprint density at radius 2 is 1.88 bits per heavy atom. The van der Waals surface area contributed by atoms with Crippen LogP contribution in [0.3, 0.4) is 0 Å². The molecule has 26 heavy (non-hydrogen) atoms. The molecular formula is C20H23N3O3. The molecule has 136 valence electrons. The van der Waals surface area contributed by atoms with Crippen molar-refractivity contribution >= 4 is 11.6 Å². The van der Waals surface area contributed by atoms with E-state index in [-0.39, 0.29) is 11.9 Å². The van der Waals surface area contributed by atoms with Crippen molar-refractivity contribution in [1.29, 1.82) is 5.26 Å². The fourth-order valence-corrected chi connectivity index (χ4v) is 2.56. The van der Waals surface area contributed by atoms with Gasteiger partial charge in [-0.15, -0.1) is 0 Å². The monoisotopic (exact) mass is 353 g/mol. The number of methoxy groups -OCH3 is 2. The first kappa shape index (κ1) is 19.3. The average molecular weight is 353 g/mol. The maximum Gasteiger partial charge on any atom is 0.241 e. The van der Waals surface area contributed by atoms with E-state index in [1.807, 2.05) is 37.1 Å². The predicted molar refractivity (Wildman–Crippen MR) is 100 cm³/mol. The molecule has 1 N–H and O–H groups in total. The van der Waals surface area contributed by atoms with Crippen LogP contribution >= 0.6 is 0 Å². The smallest absolute Gasteiger partial charge is 0.241 e. The lowest BCUT2D eigenvalue weighted by molar-refractivity contribution is -0.120. The second-order valence-electron chi connectivity index (χ2n) is 5.92. The second kappa shape index (κ2) is 8.88. The summed E-state index contributed by atoms with van der Waals surface area (Å²) in [7, 11) is 5.07. The first-order valence-electron chi connectivity index (χ1n) is 8.21. The molecule has 2 rings (SSSR count). The number of hydrogen-bond acceptors (Lipinski definition) is 5. The quantitative estimate of drug-likeness (QED) is 0.828. The third kappa shape index (κ3) is 4.52. The van der Waals surface area contributed by atoms with Crippen molar-refractivity contribution in [3.63, 3.8) is 0 Å². The second-order valence-corrected chi connectivity index (χ2v) is 5.92. The molecule has 0 bridgehead atoms. The number of benzene rings is 2. The van der Waals surface area contributed by atoms with Gasteiger partial charge in [-0.2, -0.15) is 5.26 Å². The molecule has 0 radical (unpaired) electrons. The molecule has 0 unspecified atom stereocenters. The summed E-state index contributed by atoms with van der Waals surface area (Å²) in [6.45, 7) is 2.37. The zero-order chi connectivity index (χ0) is 19.1. The average Bonchev–Trinajstić information content (AvgIpc) is 2.67. The van der Waals surface area contributed by atoms with E-state index in [4.69, 9.17) is 14.7 Å². The van der Waals surface area contributed by atoms with Crippen molar-refractivity contribution in [1.82, 2.24) is 4.90 Å². The van der Waals surface area contributed by atoms with E-state index in [1.54, 1.807) is 38.5 Å². The molecule has 1 atom stereocenters. The normalized spacial score (nSPS) is 11.5. The van der Waals surface area contributed by atoms with E-state index in [0.717, 1.165) is 5.56 Å². The van der Waals surface area contributed by atoms with E-state index in [2.05, 4.69) is 11.4 Å². The molecule has 0 aromatic heterocycles. The maximum absolute atomic E-state index is 12.5. The fraction of sp³-hybridized carbons (Fsp3) is 0.300. The van der Waals surface area contributed by atoms with Crippen LogP contribution in [0, 0.1) is 11.3 Å². The first-order valence-corrected chi connectivity index (χ1v) is 8.21. The Bertz CT molecular complexity index is 797. The van der Waals surface area contributed by atoms with E-state index in [0.29, 0.717) is 29.3 Å². The van der Waals surface area contributed by atoms with Gasteiger partial charge in [-0.05, 0) is 44.3 Å². The number of rotatable bonds is 7. The van der Waals surface area contributed by atoms with Crippen molar-refractivity contribution in [3.05, 3.63) is 53.6 Å². The van der Waals surface area contributed by atoms with E-state index in [1.165, 1.54) is 0 Å². The molecule has 6 heteroatoms. The van der Waals surface area contributed by atoms with E-state index in [9.17, 15) is 4.79 Å². The minimum atomic E-state index is -0.360. The van der Waals surface area contributed by atoms with Crippen LogP contribution in [0.2, 0.25) is 0 Å². The number of likely N-dealkylation sites (N-methyl/N-ethyl adjacent to an activating group) is 1. The minimum Gasteiger partial charge on any atom is -0.493 e. The largest absolute Gasteiger partial charge is 0.493 e. The Hall–Kier alpha value is -3.04. The number of amides is 1. The number of carbonyl (C=O) groups is 1. The van der Waals surface area contributed by atoms with Crippen molar-refractivity contribution in [3.8, 4) is 17.6 Å². The molecule has 2 aromatic carbocycles. The van der Waals surface area contributed by atoms with Gasteiger partial charge in [-0.3, -0.25) is 9.69 Å². The lowest BCUT2D eigenvalue weighted by atomic mass is 10.1. The van der Waals surface area contributed by atoms with Crippen LogP contribution in [0.25, 0.3) is 0 Å². The van der Waals surface area contributed by atoms with Gasteiger partial charge < -0.3 is 14.8 Å². The summed E-state index contributed by atoms with van der Waals surface area (Å²) in [5.74, 6) is 1.20. The van der Waals surface area contributed by atoms with Gasteiger partial charge in [0, 0.05) is 17.8 Å². The van der Waals surface area contributed by atoms with Gasteiger partial charge in [-0.1, -0.05) is 12.1 Å². The number of carbonyl (C=O) groups excluding carboxylic acids is 1. The van der Waals surface area contributed by atoms with Crippen molar-refractivity contribution in [2.45, 2.75) is 19.5 Å². The van der Waals surface area contributed by atoms with Gasteiger partial charge in [0.05, 0.1) is 31.9 Å². The Balaban J connectivity index is 2.05. The Kier molecular flexibility index (Phi) is 6.59. The van der Waals surface area contributed by atoms with Crippen LogP contribution in [-0.2, 0) is 11.3 Å². The SMILES string of the molecule is COc1cccc(CN(C)[C@@H](C)C(=O)Nc2ccc(C#N)cc2)c1OC. The van der Waals surface area contributed by atoms with Crippen LogP contribution in [0.5, 0.6) is 11.5 Å². The van der Waals surface area contributed by atoms with Crippen LogP contribution in [0.4, 0.5) is 5.69 Å². The van der Waals surface area contributed by atoms with Crippen molar-refractivity contribution in [2.75, 3.05) is 26.6 Å². The van der Waals surface area contributed by atoms with Crippen LogP contribution in [0.1, 0.15) is 18.1 Å². The number of nitrogens with one attached hydrogen (secondary N) is 1. The highest BCUT2D eigenvalue weighted by molar-refractivity contribution is 5.94. The van der Waals surface area contributed by atoms with Gasteiger partial charge in [0.15, 0.2) is 11.5 Å². The van der Waals surface area contributed by atoms with E-state index < -0.39 is 0 Å². The Morgan fingerprint density at radius 1 is 1.19 bits per heavy atom. The summed E-state index contributed by atoms with van der Waals surface area (Å²) in [5, 5.41) is 11.7. The van der Waals surface area contributed by atoms with Crippen LogP contribution < -0.4 is 14.8 Å². The molecular weight excluding hydrogens is 330 g/mol. The molecule has 0 saturated heterocycles. The molecule has 0 aliphatic heterocycles. The number of nitrogens with zero attached hydrogens (tertiary/aromatic N) is 2. The molecule has 0 spiro atoms. The number of anilines is 1. The number of hydrogen-bond donors (Lipinski definition) is 1. The van der Waals surface area contributed by atoms with Gasteiger partial charge in [-0.25, -0.2) is 0 Å². The molecule has 2 aromatic rings. The fourth-order valence-electron chi connectivity index (χ4n) is 2.56. The highest BCUT2D eigenvalue weighted by atomic mass is 16.5. The van der Waals surface area contributed by atoms with Gasteiger partial charge >= 0.3 is 0 Å². The summed E-state index contributed by atoms with van der Waals surface area (Å²) in [4.78, 5) is 14.4. The molecule has 0 heterocycles. The molecule has 0 saturated carbocycles. The van der Waals surface area contributed by atoms with Crippen molar-refractivity contribution in [2.24, 2.45) is 0 Å². The third-order valence-corrected chi connectivity index (χ3v) is 4.23. The first-order chi connectivity index (χ1) is 12.5. The summed E-state index contributed by atoms with van der Waals surface area (Å²) in [6, 6.07) is 14.1. The molecule has 0 fully saturated rings. The lowest BCUT2D eigenvalue weighted by Crippen LogP contribution is -2.39. The highest BCUT2D eigenvalue weighted by Crippen LogP contribution is 2.31. The van der Waals surface area contributed by atoms with Gasteiger partial charge in [0.2, 0.25) is 5.91 Å². The lowest BCUT2D eigenvalue weighted by Gasteiger charge is -2.25. The van der Waals surface area contributed by atoms with E-state index >= 15 is 0 Å². The number of nitriles is 1. The zero-order valence-corrected chi connectivity index (χ0v) is 15.4. The van der Waals surface area contributed by atoms with Crippen LogP contribution in [-0.4, -0.2) is 38.1 Å². The van der Waals surface area contributed by atoms with Crippen molar-refractivity contribution < 1.29 is 14.3 Å². The number of ether oxygens (including phenoxy) is 2. The summed E-state index contributed by atoms with van der Waals surface area (Å²) < 4.78 is 10.8. The van der Waals surface area contributed by atoms with Gasteiger partial charge in [0.25, 0.3) is 0 Å². The van der Waals surface area contributed by atoms with Gasteiger partial charge in [0.1, 0.15) is 0 Å². The Morgan fingerprint density at radius 3 is 2.46 bits per heavy atom. The minimum absolute atomic E-state index is 0.126. The summed E-state index contributed by atoms with van der Waals surface area (Å²) in [6.07, 6.45) is 0. The topological polar surface area (TPSA) is 74.6 Å². The molecule has 1 amide bonds. The third-order valence-electron chi connectivity index (χ3n) is 4.23. The molecule has 0 aliphatic carbocycles. The Labute approximate surface area is 153 Å². The maximum atomic E-state index is 12.5.